The predicted octanol–water partition coefficient (Wildman–Crippen LogP) is 1.37. The highest BCUT2D eigenvalue weighted by Crippen LogP contribution is 2.24. The summed E-state index contributed by atoms with van der Waals surface area (Å²) in [5, 5.41) is 9.66. The van der Waals surface area contributed by atoms with Crippen molar-refractivity contribution in [1.82, 2.24) is 10.2 Å². The van der Waals surface area contributed by atoms with E-state index < -0.39 is 0 Å². The number of rotatable bonds is 1. The molecule has 2 aromatic heterocycles. The molecule has 66 valence electrons. The van der Waals surface area contributed by atoms with Gasteiger partial charge in [-0.3, -0.25) is 0 Å². The molecule has 5 heteroatoms. The SMILES string of the molecule is Nc1cc(-c2cccs2)nnc1N. The first-order valence-corrected chi connectivity index (χ1v) is 4.58. The van der Waals surface area contributed by atoms with E-state index >= 15 is 0 Å². The van der Waals surface area contributed by atoms with Crippen molar-refractivity contribution in [3.63, 3.8) is 0 Å². The second-order valence-electron chi connectivity index (χ2n) is 2.55. The van der Waals surface area contributed by atoms with Crippen molar-refractivity contribution in [2.24, 2.45) is 0 Å². The lowest BCUT2D eigenvalue weighted by Gasteiger charge is -1.99. The first kappa shape index (κ1) is 8.00. The molecule has 0 radical (unpaired) electrons. The van der Waals surface area contributed by atoms with Crippen LogP contribution in [0.25, 0.3) is 10.6 Å². The van der Waals surface area contributed by atoms with E-state index in [1.165, 1.54) is 0 Å². The Morgan fingerprint density at radius 2 is 2.08 bits per heavy atom. The van der Waals surface area contributed by atoms with Crippen LogP contribution in [-0.2, 0) is 0 Å². The van der Waals surface area contributed by atoms with Crippen LogP contribution in [0.3, 0.4) is 0 Å². The topological polar surface area (TPSA) is 77.8 Å². The number of anilines is 2. The first-order valence-electron chi connectivity index (χ1n) is 3.70. The maximum absolute atomic E-state index is 5.60. The molecule has 4 nitrogen and oxygen atoms in total. The second-order valence-corrected chi connectivity index (χ2v) is 3.50. The van der Waals surface area contributed by atoms with Gasteiger partial charge in [-0.1, -0.05) is 6.07 Å². The quantitative estimate of drug-likeness (QED) is 0.715. The molecule has 2 rings (SSSR count). The Balaban J connectivity index is 2.49. The fourth-order valence-corrected chi connectivity index (χ4v) is 1.64. The summed E-state index contributed by atoms with van der Waals surface area (Å²) in [5.74, 6) is 0.278. The first-order chi connectivity index (χ1) is 6.27. The summed E-state index contributed by atoms with van der Waals surface area (Å²) in [5.41, 5.74) is 12.3. The number of nitrogens with two attached hydrogens (primary N) is 2. The van der Waals surface area contributed by atoms with Gasteiger partial charge in [-0.2, -0.15) is 0 Å². The molecule has 0 atom stereocenters. The fraction of sp³-hybridized carbons (Fsp3) is 0. The average molecular weight is 192 g/mol. The maximum Gasteiger partial charge on any atom is 0.169 e. The van der Waals surface area contributed by atoms with Crippen LogP contribution in [0.15, 0.2) is 23.6 Å². The zero-order valence-electron chi connectivity index (χ0n) is 6.77. The highest BCUT2D eigenvalue weighted by molar-refractivity contribution is 7.13. The number of nitrogens with zero attached hydrogens (tertiary/aromatic N) is 2. The maximum atomic E-state index is 5.60. The molecule has 0 spiro atoms. The van der Waals surface area contributed by atoms with Crippen LogP contribution < -0.4 is 11.5 Å². The molecule has 0 saturated carbocycles. The lowest BCUT2D eigenvalue weighted by molar-refractivity contribution is 1.05. The summed E-state index contributed by atoms with van der Waals surface area (Å²) in [6.07, 6.45) is 0. The molecule has 0 fully saturated rings. The van der Waals surface area contributed by atoms with Crippen LogP contribution in [0.4, 0.5) is 11.5 Å². The molecule has 2 heterocycles. The van der Waals surface area contributed by atoms with Gasteiger partial charge < -0.3 is 11.5 Å². The van der Waals surface area contributed by atoms with E-state index in [-0.39, 0.29) is 5.82 Å². The molecule has 0 bridgehead atoms. The van der Waals surface area contributed by atoms with Crippen LogP contribution >= 0.6 is 11.3 Å². The van der Waals surface area contributed by atoms with E-state index in [1.54, 1.807) is 17.4 Å². The molecule has 4 N–H and O–H groups in total. The van der Waals surface area contributed by atoms with Gasteiger partial charge in [0, 0.05) is 0 Å². The normalized spacial score (nSPS) is 10.2. The number of aromatic nitrogens is 2. The van der Waals surface area contributed by atoms with Gasteiger partial charge in [-0.15, -0.1) is 21.5 Å². The van der Waals surface area contributed by atoms with E-state index in [1.807, 2.05) is 17.5 Å². The Kier molecular flexibility index (Phi) is 1.86. The lowest BCUT2D eigenvalue weighted by Crippen LogP contribution is -2.00. The van der Waals surface area contributed by atoms with Gasteiger partial charge in [-0.05, 0) is 17.5 Å². The Labute approximate surface area is 79.2 Å². The Bertz CT molecular complexity index is 410. The van der Waals surface area contributed by atoms with Crippen molar-refractivity contribution in [3.8, 4) is 10.6 Å². The van der Waals surface area contributed by atoms with Crippen molar-refractivity contribution < 1.29 is 0 Å². The van der Waals surface area contributed by atoms with Gasteiger partial charge in [0.15, 0.2) is 5.82 Å². The minimum atomic E-state index is 0.278. The minimum Gasteiger partial charge on any atom is -0.396 e. The molecule has 0 amide bonds. The lowest BCUT2D eigenvalue weighted by atomic mass is 10.3. The van der Waals surface area contributed by atoms with E-state index in [0.29, 0.717) is 5.69 Å². The van der Waals surface area contributed by atoms with Crippen LogP contribution in [0.2, 0.25) is 0 Å². The van der Waals surface area contributed by atoms with Gasteiger partial charge in [0.25, 0.3) is 0 Å². The van der Waals surface area contributed by atoms with Crippen LogP contribution in [0.1, 0.15) is 0 Å². The molecule has 0 aliphatic rings. The van der Waals surface area contributed by atoms with Crippen molar-refractivity contribution in [2.75, 3.05) is 11.5 Å². The number of hydrogen-bond acceptors (Lipinski definition) is 5. The Morgan fingerprint density at radius 1 is 1.23 bits per heavy atom. The Hall–Kier alpha value is -1.62. The third-order valence-corrected chi connectivity index (χ3v) is 2.52. The van der Waals surface area contributed by atoms with E-state index in [9.17, 15) is 0 Å². The molecular formula is C8H8N4S. The minimum absolute atomic E-state index is 0.278. The highest BCUT2D eigenvalue weighted by atomic mass is 32.1. The monoisotopic (exact) mass is 192 g/mol. The predicted molar refractivity (Wildman–Crippen MR) is 54.2 cm³/mol. The molecular weight excluding hydrogens is 184 g/mol. The summed E-state index contributed by atoms with van der Waals surface area (Å²) in [6.45, 7) is 0. The van der Waals surface area contributed by atoms with Crippen LogP contribution in [-0.4, -0.2) is 10.2 Å². The fourth-order valence-electron chi connectivity index (χ4n) is 0.960. The summed E-state index contributed by atoms with van der Waals surface area (Å²) in [4.78, 5) is 1.04. The van der Waals surface area contributed by atoms with Crippen molar-refractivity contribution in [3.05, 3.63) is 23.6 Å². The third kappa shape index (κ3) is 1.46. The van der Waals surface area contributed by atoms with Gasteiger partial charge >= 0.3 is 0 Å². The van der Waals surface area contributed by atoms with Crippen LogP contribution in [0.5, 0.6) is 0 Å². The molecule has 13 heavy (non-hydrogen) atoms. The number of thiophene rings is 1. The smallest absolute Gasteiger partial charge is 0.169 e. The summed E-state index contributed by atoms with van der Waals surface area (Å²) in [6, 6.07) is 5.65. The van der Waals surface area contributed by atoms with E-state index in [0.717, 1.165) is 10.6 Å². The van der Waals surface area contributed by atoms with E-state index in [4.69, 9.17) is 11.5 Å². The molecule has 0 aliphatic carbocycles. The third-order valence-electron chi connectivity index (χ3n) is 1.63. The van der Waals surface area contributed by atoms with Crippen molar-refractivity contribution in [1.29, 1.82) is 0 Å². The van der Waals surface area contributed by atoms with Gasteiger partial charge in [0.05, 0.1) is 10.6 Å². The molecule has 0 aromatic carbocycles. The molecule has 0 aliphatic heterocycles. The standard InChI is InChI=1S/C8H8N4S/c9-5-4-6(11-12-8(5)10)7-2-1-3-13-7/h1-4H,(H2,9,11)(H2,10,12). The largest absolute Gasteiger partial charge is 0.396 e. The average Bonchev–Trinajstić information content (AvgIpc) is 2.62. The van der Waals surface area contributed by atoms with Gasteiger partial charge in [0.1, 0.15) is 5.69 Å². The number of nitrogen functional groups attached to an aromatic ring is 2. The van der Waals surface area contributed by atoms with Gasteiger partial charge in [0.2, 0.25) is 0 Å². The van der Waals surface area contributed by atoms with E-state index in [2.05, 4.69) is 10.2 Å². The van der Waals surface area contributed by atoms with Crippen LogP contribution in [0, 0.1) is 0 Å². The van der Waals surface area contributed by atoms with Crippen molar-refractivity contribution in [2.45, 2.75) is 0 Å². The zero-order chi connectivity index (χ0) is 9.26. The summed E-state index contributed by atoms with van der Waals surface area (Å²) in [7, 11) is 0. The summed E-state index contributed by atoms with van der Waals surface area (Å²) >= 11 is 1.59. The zero-order valence-corrected chi connectivity index (χ0v) is 7.58. The Morgan fingerprint density at radius 3 is 2.69 bits per heavy atom. The number of hydrogen-bond donors (Lipinski definition) is 2. The molecule has 2 aromatic rings. The molecule has 0 unspecified atom stereocenters. The summed E-state index contributed by atoms with van der Waals surface area (Å²) < 4.78 is 0. The van der Waals surface area contributed by atoms with Gasteiger partial charge in [-0.25, -0.2) is 0 Å². The molecule has 0 saturated heterocycles. The van der Waals surface area contributed by atoms with Crippen molar-refractivity contribution >= 4 is 22.8 Å². The second kappa shape index (κ2) is 3.02. The highest BCUT2D eigenvalue weighted by Gasteiger charge is 2.03.